The number of benzene rings is 1. The van der Waals surface area contributed by atoms with Gasteiger partial charge in [0.05, 0.1) is 0 Å². The summed E-state index contributed by atoms with van der Waals surface area (Å²) in [5, 5.41) is 3.15. The van der Waals surface area contributed by atoms with E-state index in [4.69, 9.17) is 5.73 Å². The molecule has 1 amide bonds. The first-order chi connectivity index (χ1) is 9.37. The standard InChI is InChI=1S/C14H19F2N3O/c1-9-7-12(16)10(8-11(9)15)14(2,13(17)20)19-5-3-18-4-6-19/h7-8,18H,3-6H2,1-2H3,(H2,17,20). The number of carbonyl (C=O) groups is 1. The molecule has 1 aromatic rings. The normalized spacial score (nSPS) is 19.6. The fourth-order valence-electron chi connectivity index (χ4n) is 2.59. The van der Waals surface area contributed by atoms with E-state index in [1.807, 2.05) is 0 Å². The summed E-state index contributed by atoms with van der Waals surface area (Å²) in [4.78, 5) is 13.7. The summed E-state index contributed by atoms with van der Waals surface area (Å²) >= 11 is 0. The molecule has 0 aliphatic carbocycles. The van der Waals surface area contributed by atoms with Crippen LogP contribution >= 0.6 is 0 Å². The highest BCUT2D eigenvalue weighted by Gasteiger charge is 2.42. The lowest BCUT2D eigenvalue weighted by Gasteiger charge is -2.41. The zero-order valence-electron chi connectivity index (χ0n) is 11.7. The molecule has 1 aromatic carbocycles. The van der Waals surface area contributed by atoms with Crippen LogP contribution in [0.25, 0.3) is 0 Å². The minimum atomic E-state index is -1.35. The van der Waals surface area contributed by atoms with Crippen molar-refractivity contribution in [3.05, 3.63) is 34.9 Å². The quantitative estimate of drug-likeness (QED) is 0.866. The van der Waals surface area contributed by atoms with Gasteiger partial charge >= 0.3 is 0 Å². The van der Waals surface area contributed by atoms with Crippen LogP contribution in [0, 0.1) is 18.6 Å². The molecule has 1 heterocycles. The molecule has 3 N–H and O–H groups in total. The van der Waals surface area contributed by atoms with E-state index in [-0.39, 0.29) is 11.1 Å². The Morgan fingerprint density at radius 3 is 2.45 bits per heavy atom. The third-order valence-electron chi connectivity index (χ3n) is 4.00. The first kappa shape index (κ1) is 14.9. The molecule has 0 spiro atoms. The summed E-state index contributed by atoms with van der Waals surface area (Å²) in [5.41, 5.74) is 4.36. The lowest BCUT2D eigenvalue weighted by Crippen LogP contribution is -2.59. The van der Waals surface area contributed by atoms with E-state index in [0.717, 1.165) is 12.1 Å². The Balaban J connectivity index is 2.52. The lowest BCUT2D eigenvalue weighted by atomic mass is 9.87. The SMILES string of the molecule is Cc1cc(F)c(C(C)(C(N)=O)N2CCNCC2)cc1F. The largest absolute Gasteiger partial charge is 0.368 e. The van der Waals surface area contributed by atoms with E-state index in [1.165, 1.54) is 6.92 Å². The second-order valence-corrected chi connectivity index (χ2v) is 5.25. The number of primary amides is 1. The number of hydrogen-bond acceptors (Lipinski definition) is 3. The summed E-state index contributed by atoms with van der Waals surface area (Å²) in [6, 6.07) is 2.19. The fourth-order valence-corrected chi connectivity index (χ4v) is 2.59. The van der Waals surface area contributed by atoms with Crippen molar-refractivity contribution in [2.24, 2.45) is 5.73 Å². The van der Waals surface area contributed by atoms with E-state index in [0.29, 0.717) is 26.2 Å². The molecule has 1 aliphatic rings. The van der Waals surface area contributed by atoms with Gasteiger partial charge in [-0.25, -0.2) is 8.78 Å². The van der Waals surface area contributed by atoms with Crippen molar-refractivity contribution in [1.82, 2.24) is 10.2 Å². The molecule has 0 saturated carbocycles. The molecule has 6 heteroatoms. The van der Waals surface area contributed by atoms with Gasteiger partial charge in [0.2, 0.25) is 5.91 Å². The lowest BCUT2D eigenvalue weighted by molar-refractivity contribution is -0.130. The molecule has 0 bridgehead atoms. The number of nitrogens with two attached hydrogens (primary N) is 1. The van der Waals surface area contributed by atoms with Crippen LogP contribution < -0.4 is 11.1 Å². The predicted molar refractivity (Wildman–Crippen MR) is 72.1 cm³/mol. The summed E-state index contributed by atoms with van der Waals surface area (Å²) in [6.45, 7) is 5.49. The third kappa shape index (κ3) is 2.41. The molecular formula is C14H19F2N3O. The number of carbonyl (C=O) groups excluding carboxylic acids is 1. The van der Waals surface area contributed by atoms with Crippen LogP contribution in [0.1, 0.15) is 18.1 Å². The summed E-state index contributed by atoms with van der Waals surface area (Å²) in [5.74, 6) is -1.82. The number of halogens is 2. The van der Waals surface area contributed by atoms with Crippen LogP contribution in [-0.2, 0) is 10.3 Å². The smallest absolute Gasteiger partial charge is 0.242 e. The molecule has 1 saturated heterocycles. The molecule has 0 radical (unpaired) electrons. The molecule has 1 fully saturated rings. The zero-order chi connectivity index (χ0) is 14.9. The summed E-state index contributed by atoms with van der Waals surface area (Å²) in [7, 11) is 0. The van der Waals surface area contributed by atoms with Gasteiger partial charge in [-0.15, -0.1) is 0 Å². The second-order valence-electron chi connectivity index (χ2n) is 5.25. The first-order valence-electron chi connectivity index (χ1n) is 6.59. The van der Waals surface area contributed by atoms with E-state index in [2.05, 4.69) is 5.32 Å². The number of nitrogens with zero attached hydrogens (tertiary/aromatic N) is 1. The first-order valence-corrected chi connectivity index (χ1v) is 6.59. The number of nitrogens with one attached hydrogen (secondary N) is 1. The summed E-state index contributed by atoms with van der Waals surface area (Å²) in [6.07, 6.45) is 0. The number of amides is 1. The molecule has 110 valence electrons. The Morgan fingerprint density at radius 1 is 1.30 bits per heavy atom. The van der Waals surface area contributed by atoms with Crippen LogP contribution in [0.4, 0.5) is 8.78 Å². The number of aryl methyl sites for hydroxylation is 1. The van der Waals surface area contributed by atoms with Crippen LogP contribution in [-0.4, -0.2) is 37.0 Å². The van der Waals surface area contributed by atoms with Gasteiger partial charge in [-0.2, -0.15) is 0 Å². The van der Waals surface area contributed by atoms with Gasteiger partial charge in [-0.3, -0.25) is 9.69 Å². The van der Waals surface area contributed by atoms with Gasteiger partial charge in [0, 0.05) is 31.7 Å². The van der Waals surface area contributed by atoms with Crippen molar-refractivity contribution in [3.8, 4) is 0 Å². The monoisotopic (exact) mass is 283 g/mol. The molecule has 20 heavy (non-hydrogen) atoms. The minimum absolute atomic E-state index is 0.00463. The highest BCUT2D eigenvalue weighted by atomic mass is 19.1. The van der Waals surface area contributed by atoms with Gasteiger partial charge in [0.1, 0.15) is 17.2 Å². The second kappa shape index (κ2) is 5.46. The molecule has 1 aliphatic heterocycles. The van der Waals surface area contributed by atoms with Gasteiger partial charge in [0.15, 0.2) is 0 Å². The van der Waals surface area contributed by atoms with Crippen LogP contribution in [0.3, 0.4) is 0 Å². The van der Waals surface area contributed by atoms with Gasteiger partial charge in [-0.1, -0.05) is 0 Å². The van der Waals surface area contributed by atoms with E-state index in [9.17, 15) is 13.6 Å². The van der Waals surface area contributed by atoms with Crippen molar-refractivity contribution in [1.29, 1.82) is 0 Å². The summed E-state index contributed by atoms with van der Waals surface area (Å²) < 4.78 is 28.0. The van der Waals surface area contributed by atoms with Crippen LogP contribution in [0.2, 0.25) is 0 Å². The third-order valence-corrected chi connectivity index (χ3v) is 4.00. The van der Waals surface area contributed by atoms with E-state index >= 15 is 0 Å². The van der Waals surface area contributed by atoms with E-state index < -0.39 is 23.1 Å². The Kier molecular flexibility index (Phi) is 4.06. The molecule has 4 nitrogen and oxygen atoms in total. The van der Waals surface area contributed by atoms with Gasteiger partial charge in [0.25, 0.3) is 0 Å². The van der Waals surface area contributed by atoms with Crippen LogP contribution in [0.5, 0.6) is 0 Å². The van der Waals surface area contributed by atoms with Crippen molar-refractivity contribution in [3.63, 3.8) is 0 Å². The average molecular weight is 283 g/mol. The maximum atomic E-state index is 14.2. The van der Waals surface area contributed by atoms with Crippen molar-refractivity contribution in [2.45, 2.75) is 19.4 Å². The van der Waals surface area contributed by atoms with Crippen LogP contribution in [0.15, 0.2) is 12.1 Å². The Morgan fingerprint density at radius 2 is 1.90 bits per heavy atom. The Bertz CT molecular complexity index is 529. The maximum absolute atomic E-state index is 14.2. The molecule has 1 atom stereocenters. The van der Waals surface area contributed by atoms with E-state index in [1.54, 1.807) is 11.8 Å². The minimum Gasteiger partial charge on any atom is -0.368 e. The van der Waals surface area contributed by atoms with Crippen molar-refractivity contribution >= 4 is 5.91 Å². The average Bonchev–Trinajstić information content (AvgIpc) is 2.42. The predicted octanol–water partition coefficient (Wildman–Crippen LogP) is 0.879. The Labute approximate surface area is 116 Å². The highest BCUT2D eigenvalue weighted by molar-refractivity contribution is 5.85. The van der Waals surface area contributed by atoms with Gasteiger partial charge in [-0.05, 0) is 31.5 Å². The molecule has 2 rings (SSSR count). The zero-order valence-corrected chi connectivity index (χ0v) is 11.7. The molecule has 1 unspecified atom stereocenters. The highest BCUT2D eigenvalue weighted by Crippen LogP contribution is 2.32. The molecular weight excluding hydrogens is 264 g/mol. The Hall–Kier alpha value is -1.53. The number of hydrogen-bond donors (Lipinski definition) is 2. The maximum Gasteiger partial charge on any atom is 0.242 e. The number of rotatable bonds is 3. The van der Waals surface area contributed by atoms with Crippen molar-refractivity contribution < 1.29 is 13.6 Å². The number of piperazine rings is 1. The van der Waals surface area contributed by atoms with Gasteiger partial charge < -0.3 is 11.1 Å². The molecule has 0 aromatic heterocycles. The van der Waals surface area contributed by atoms with Crippen molar-refractivity contribution in [2.75, 3.05) is 26.2 Å². The fraction of sp³-hybridized carbons (Fsp3) is 0.500. The topological polar surface area (TPSA) is 58.4 Å².